The minimum Gasteiger partial charge on any atom is -0.306 e. The van der Waals surface area contributed by atoms with Crippen LogP contribution in [0.15, 0.2) is 29.4 Å². The van der Waals surface area contributed by atoms with Crippen molar-refractivity contribution in [2.45, 2.75) is 5.03 Å². The molecule has 110 valence electrons. The summed E-state index contributed by atoms with van der Waals surface area (Å²) in [6.45, 7) is 0.424. The normalized spacial score (nSPS) is 12.2. The lowest BCUT2D eigenvalue weighted by molar-refractivity contribution is 0.485. The van der Waals surface area contributed by atoms with Crippen LogP contribution in [0.5, 0.6) is 0 Å². The van der Waals surface area contributed by atoms with Gasteiger partial charge in [0.05, 0.1) is 0 Å². The Kier molecular flexibility index (Phi) is 4.53. The van der Waals surface area contributed by atoms with Crippen LogP contribution in [0.3, 0.4) is 0 Å². The standard InChI is InChI=1S/C11H17N5O2S2/c1-15(7-8-19-2)20(17,18)11-10(14-12)13-9-5-3-4-6-16(9)11/h3-6,14H,7-8,12H2,1-2H3. The molecular weight excluding hydrogens is 298 g/mol. The SMILES string of the molecule is CSCCN(C)S(=O)(=O)c1c(NN)nc2ccccn12. The second-order valence-corrected chi connectivity index (χ2v) is 7.10. The monoisotopic (exact) mass is 315 g/mol. The number of thioether (sulfide) groups is 1. The molecule has 0 unspecified atom stereocenters. The van der Waals surface area contributed by atoms with Crippen molar-refractivity contribution in [3.63, 3.8) is 0 Å². The summed E-state index contributed by atoms with van der Waals surface area (Å²) < 4.78 is 28.1. The number of rotatable bonds is 6. The molecule has 0 spiro atoms. The number of anilines is 1. The number of hydrazine groups is 1. The van der Waals surface area contributed by atoms with Gasteiger partial charge < -0.3 is 5.43 Å². The van der Waals surface area contributed by atoms with Crippen molar-refractivity contribution in [1.82, 2.24) is 13.7 Å². The van der Waals surface area contributed by atoms with Gasteiger partial charge >= 0.3 is 0 Å². The van der Waals surface area contributed by atoms with Gasteiger partial charge in [0.2, 0.25) is 5.03 Å². The Labute approximate surface area is 122 Å². The third-order valence-electron chi connectivity index (χ3n) is 2.89. The highest BCUT2D eigenvalue weighted by atomic mass is 32.2. The van der Waals surface area contributed by atoms with Crippen molar-refractivity contribution in [2.24, 2.45) is 5.84 Å². The average molecular weight is 315 g/mol. The molecule has 0 atom stereocenters. The van der Waals surface area contributed by atoms with E-state index in [2.05, 4.69) is 10.4 Å². The molecule has 0 bridgehead atoms. The van der Waals surface area contributed by atoms with Gasteiger partial charge in [-0.25, -0.2) is 19.2 Å². The summed E-state index contributed by atoms with van der Waals surface area (Å²) in [4.78, 5) is 4.18. The predicted molar refractivity (Wildman–Crippen MR) is 81.2 cm³/mol. The molecule has 0 saturated heterocycles. The molecule has 2 aromatic heterocycles. The van der Waals surface area contributed by atoms with Crippen LogP contribution in [0.4, 0.5) is 5.82 Å². The minimum absolute atomic E-state index is 0.0548. The molecule has 2 aromatic rings. The van der Waals surface area contributed by atoms with E-state index in [1.54, 1.807) is 43.2 Å². The van der Waals surface area contributed by atoms with E-state index in [9.17, 15) is 8.42 Å². The highest BCUT2D eigenvalue weighted by Crippen LogP contribution is 2.24. The van der Waals surface area contributed by atoms with E-state index < -0.39 is 10.0 Å². The quantitative estimate of drug-likeness (QED) is 0.599. The Morgan fingerprint density at radius 3 is 2.90 bits per heavy atom. The van der Waals surface area contributed by atoms with E-state index in [-0.39, 0.29) is 10.8 Å². The van der Waals surface area contributed by atoms with Crippen LogP contribution in [-0.4, -0.2) is 47.7 Å². The molecule has 0 aliphatic carbocycles. The van der Waals surface area contributed by atoms with Gasteiger partial charge in [-0.2, -0.15) is 16.1 Å². The number of nitrogens with one attached hydrogen (secondary N) is 1. The molecule has 0 saturated carbocycles. The molecule has 0 radical (unpaired) electrons. The summed E-state index contributed by atoms with van der Waals surface area (Å²) >= 11 is 1.59. The molecule has 0 aliphatic heterocycles. The van der Waals surface area contributed by atoms with Gasteiger partial charge in [-0.05, 0) is 18.4 Å². The molecule has 20 heavy (non-hydrogen) atoms. The van der Waals surface area contributed by atoms with Crippen molar-refractivity contribution >= 4 is 33.3 Å². The van der Waals surface area contributed by atoms with Gasteiger partial charge in [-0.3, -0.25) is 4.40 Å². The van der Waals surface area contributed by atoms with Crippen LogP contribution in [0.25, 0.3) is 5.65 Å². The molecule has 2 heterocycles. The van der Waals surface area contributed by atoms with Crippen LogP contribution < -0.4 is 11.3 Å². The highest BCUT2D eigenvalue weighted by Gasteiger charge is 2.28. The Morgan fingerprint density at radius 2 is 2.25 bits per heavy atom. The third kappa shape index (κ3) is 2.62. The zero-order valence-electron chi connectivity index (χ0n) is 11.3. The number of sulfonamides is 1. The van der Waals surface area contributed by atoms with Crippen LogP contribution in [-0.2, 0) is 10.0 Å². The summed E-state index contributed by atoms with van der Waals surface area (Å²) in [5.74, 6) is 6.26. The molecule has 2 rings (SSSR count). The van der Waals surface area contributed by atoms with Crippen LogP contribution in [0.1, 0.15) is 0 Å². The summed E-state index contributed by atoms with van der Waals surface area (Å²) in [6.07, 6.45) is 3.58. The predicted octanol–water partition coefficient (Wildman–Crippen LogP) is 0.603. The number of imidazole rings is 1. The van der Waals surface area contributed by atoms with Crippen molar-refractivity contribution < 1.29 is 8.42 Å². The van der Waals surface area contributed by atoms with Crippen LogP contribution in [0.2, 0.25) is 0 Å². The largest absolute Gasteiger partial charge is 0.306 e. The van der Waals surface area contributed by atoms with Crippen molar-refractivity contribution in [3.05, 3.63) is 24.4 Å². The summed E-state index contributed by atoms with van der Waals surface area (Å²) in [6, 6.07) is 5.26. The first-order chi connectivity index (χ1) is 9.52. The second kappa shape index (κ2) is 6.00. The lowest BCUT2D eigenvalue weighted by atomic mass is 10.5. The van der Waals surface area contributed by atoms with E-state index in [1.807, 2.05) is 6.26 Å². The molecule has 0 amide bonds. The lowest BCUT2D eigenvalue weighted by Gasteiger charge is -2.16. The molecule has 0 aliphatic rings. The zero-order chi connectivity index (χ0) is 14.8. The number of fused-ring (bicyclic) bond motifs is 1. The van der Waals surface area contributed by atoms with Crippen molar-refractivity contribution in [3.8, 4) is 0 Å². The first-order valence-corrected chi connectivity index (χ1v) is 8.74. The number of aromatic nitrogens is 2. The van der Waals surface area contributed by atoms with Gasteiger partial charge in [0.25, 0.3) is 10.0 Å². The molecule has 7 nitrogen and oxygen atoms in total. The Hall–Kier alpha value is -1.29. The fourth-order valence-electron chi connectivity index (χ4n) is 1.80. The summed E-state index contributed by atoms with van der Waals surface area (Å²) in [5, 5.41) is 0.0548. The maximum atomic E-state index is 12.7. The van der Waals surface area contributed by atoms with Crippen LogP contribution >= 0.6 is 11.8 Å². The third-order valence-corrected chi connectivity index (χ3v) is 5.36. The van der Waals surface area contributed by atoms with Gasteiger partial charge in [0.15, 0.2) is 5.82 Å². The molecule has 9 heteroatoms. The number of hydrogen-bond donors (Lipinski definition) is 2. The van der Waals surface area contributed by atoms with E-state index >= 15 is 0 Å². The zero-order valence-corrected chi connectivity index (χ0v) is 12.9. The van der Waals surface area contributed by atoms with Gasteiger partial charge in [-0.15, -0.1) is 0 Å². The molecule has 0 fully saturated rings. The second-order valence-electron chi connectivity index (χ2n) is 4.16. The first-order valence-electron chi connectivity index (χ1n) is 5.91. The molecule has 3 N–H and O–H groups in total. The van der Waals surface area contributed by atoms with Crippen molar-refractivity contribution in [1.29, 1.82) is 0 Å². The van der Waals surface area contributed by atoms with E-state index in [0.717, 1.165) is 5.75 Å². The van der Waals surface area contributed by atoms with Crippen molar-refractivity contribution in [2.75, 3.05) is 31.0 Å². The van der Waals surface area contributed by atoms with Crippen LogP contribution in [0, 0.1) is 0 Å². The lowest BCUT2D eigenvalue weighted by Crippen LogP contribution is -2.31. The fourth-order valence-corrected chi connectivity index (χ4v) is 3.75. The number of nitrogens with zero attached hydrogens (tertiary/aromatic N) is 3. The van der Waals surface area contributed by atoms with Gasteiger partial charge in [-0.1, -0.05) is 6.07 Å². The number of nitrogen functional groups attached to an aromatic ring is 1. The highest BCUT2D eigenvalue weighted by molar-refractivity contribution is 7.98. The number of hydrogen-bond acceptors (Lipinski definition) is 6. The maximum absolute atomic E-state index is 12.7. The van der Waals surface area contributed by atoms with E-state index in [4.69, 9.17) is 5.84 Å². The minimum atomic E-state index is -3.66. The fraction of sp³-hybridized carbons (Fsp3) is 0.364. The summed E-state index contributed by atoms with van der Waals surface area (Å²) in [5.41, 5.74) is 2.88. The molecule has 0 aromatic carbocycles. The Bertz CT molecular complexity index is 698. The Morgan fingerprint density at radius 1 is 1.50 bits per heavy atom. The number of pyridine rings is 1. The topological polar surface area (TPSA) is 92.7 Å². The maximum Gasteiger partial charge on any atom is 0.262 e. The van der Waals surface area contributed by atoms with Gasteiger partial charge in [0, 0.05) is 25.5 Å². The Balaban J connectivity index is 2.55. The van der Waals surface area contributed by atoms with E-state index in [1.165, 1.54) is 8.71 Å². The summed E-state index contributed by atoms with van der Waals surface area (Å²) in [7, 11) is -2.11. The average Bonchev–Trinajstić information content (AvgIpc) is 2.83. The van der Waals surface area contributed by atoms with Gasteiger partial charge in [0.1, 0.15) is 5.65 Å². The number of nitrogens with two attached hydrogens (primary N) is 1. The smallest absolute Gasteiger partial charge is 0.262 e. The molecular formula is C11H17N5O2S2. The first kappa shape index (κ1) is 15.1. The van der Waals surface area contributed by atoms with E-state index in [0.29, 0.717) is 12.2 Å².